The van der Waals surface area contributed by atoms with Gasteiger partial charge in [0.05, 0.1) is 24.0 Å². The summed E-state index contributed by atoms with van der Waals surface area (Å²) >= 11 is 0. The minimum atomic E-state index is -4.05. The maximum atomic E-state index is 14.4. The van der Waals surface area contributed by atoms with Crippen LogP contribution in [0.1, 0.15) is 55.5 Å². The van der Waals surface area contributed by atoms with Crippen molar-refractivity contribution in [2.45, 2.75) is 87.2 Å². The first-order valence-electron chi connectivity index (χ1n) is 18.2. The molecule has 3 aliphatic heterocycles. The molecule has 3 fully saturated rings. The normalized spacial score (nSPS) is 26.2. The number of rotatable bonds is 6. The Balaban J connectivity index is 1.37. The molecule has 6 atom stereocenters. The van der Waals surface area contributed by atoms with Crippen LogP contribution in [0.4, 0.5) is 0 Å². The predicted molar refractivity (Wildman–Crippen MR) is 196 cm³/mol. The van der Waals surface area contributed by atoms with Gasteiger partial charge in [-0.15, -0.1) is 0 Å². The zero-order valence-electron chi connectivity index (χ0n) is 30.2. The van der Waals surface area contributed by atoms with Crippen molar-refractivity contribution < 1.29 is 42.2 Å². The van der Waals surface area contributed by atoms with E-state index in [9.17, 15) is 37.5 Å². The second kappa shape index (κ2) is 16.3. The fraction of sp³-hybridized carbons (Fsp3) is 0.486. The molecular weight excluding hydrogens is 719 g/mol. The van der Waals surface area contributed by atoms with Gasteiger partial charge >= 0.3 is 0 Å². The molecule has 2 bridgehead atoms. The molecule has 0 saturated carbocycles. The number of carbonyl (C=O) groups excluding carboxylic acids is 5. The van der Waals surface area contributed by atoms with Gasteiger partial charge in [0.15, 0.2) is 0 Å². The molecule has 290 valence electrons. The first kappa shape index (κ1) is 38.9. The van der Waals surface area contributed by atoms with Crippen molar-refractivity contribution in [3.8, 4) is 0 Å². The Bertz CT molecular complexity index is 2000. The van der Waals surface area contributed by atoms with Crippen LogP contribution < -0.4 is 21.1 Å². The summed E-state index contributed by atoms with van der Waals surface area (Å²) in [6.07, 6.45) is 0.894. The van der Waals surface area contributed by atoms with E-state index in [2.05, 4.69) is 20.9 Å². The van der Waals surface area contributed by atoms with E-state index in [1.807, 2.05) is 38.1 Å². The molecule has 1 aromatic heterocycles. The largest absolute Gasteiger partial charge is 0.388 e. The van der Waals surface area contributed by atoms with Crippen molar-refractivity contribution in [1.29, 1.82) is 0 Å². The number of amides is 5. The Morgan fingerprint density at radius 2 is 1.72 bits per heavy atom. The molecule has 0 spiro atoms. The highest BCUT2D eigenvalue weighted by molar-refractivity contribution is 7.89. The van der Waals surface area contributed by atoms with Crippen LogP contribution in [-0.2, 0) is 40.4 Å². The number of H-pyrrole nitrogens is 1. The van der Waals surface area contributed by atoms with Crippen LogP contribution in [0.2, 0.25) is 0 Å². The summed E-state index contributed by atoms with van der Waals surface area (Å²) in [4.78, 5) is 75.6. The molecule has 7 N–H and O–H groups in total. The third kappa shape index (κ3) is 8.75. The first-order chi connectivity index (χ1) is 25.7. The second-order valence-electron chi connectivity index (χ2n) is 14.6. The summed E-state index contributed by atoms with van der Waals surface area (Å²) in [7, 11) is -4.05. The number of benzene rings is 2. The summed E-state index contributed by atoms with van der Waals surface area (Å²) in [6, 6.07) is 8.57. The summed E-state index contributed by atoms with van der Waals surface area (Å²) in [5.74, 6) is -2.85. The van der Waals surface area contributed by atoms with Crippen molar-refractivity contribution in [1.82, 2.24) is 30.7 Å². The zero-order chi connectivity index (χ0) is 38.7. The molecule has 3 saturated heterocycles. The minimum absolute atomic E-state index is 0.0122. The Hall–Kier alpha value is -4.84. The van der Waals surface area contributed by atoms with Gasteiger partial charge in [0.2, 0.25) is 33.7 Å². The number of primary sulfonamides is 1. The van der Waals surface area contributed by atoms with Gasteiger partial charge in [-0.25, -0.2) is 13.6 Å². The number of ether oxygens (including phenoxy) is 1. The molecule has 3 aliphatic rings. The Morgan fingerprint density at radius 1 is 0.981 bits per heavy atom. The number of aliphatic hydroxyl groups is 1. The van der Waals surface area contributed by atoms with Gasteiger partial charge in [0.1, 0.15) is 30.3 Å². The van der Waals surface area contributed by atoms with Crippen LogP contribution in [0.25, 0.3) is 10.9 Å². The van der Waals surface area contributed by atoms with E-state index >= 15 is 0 Å². The minimum Gasteiger partial charge on any atom is -0.388 e. The number of para-hydroxylation sites is 1. The standard InChI is InChI=1S/C37H47N7O9S/c1-21(2)16-28-34(47)41-27-13-15-53-31(33(27)46)19-43(36(49)22-9-11-24(12-10-22)54(38,51)52)20-32(45)40-29(17-23-18-39-26-7-4-3-6-25(23)26)37(50)44-14-5-8-30(44)35(48)42-28/h3-4,6-7,9-12,18,21,27-31,33,39,46H,5,8,13-17,19-20H2,1-2H3,(H,40,45)(H,41,47)(H,42,48)(H2,38,51,52)/t27-,28+,29+,30+,31+,33-/m0/s1. The maximum Gasteiger partial charge on any atom is 0.254 e. The second-order valence-corrected chi connectivity index (χ2v) is 16.2. The summed E-state index contributed by atoms with van der Waals surface area (Å²) in [5, 5.41) is 26.1. The number of aromatic amines is 1. The summed E-state index contributed by atoms with van der Waals surface area (Å²) in [5.41, 5.74) is 1.61. The van der Waals surface area contributed by atoms with Crippen LogP contribution in [0.3, 0.4) is 0 Å². The van der Waals surface area contributed by atoms with E-state index in [0.29, 0.717) is 19.3 Å². The number of fused-ring (bicyclic) bond motifs is 4. The van der Waals surface area contributed by atoms with Gasteiger partial charge in [-0.1, -0.05) is 32.0 Å². The number of sulfonamides is 1. The third-order valence-corrected chi connectivity index (χ3v) is 11.2. The quantitative estimate of drug-likeness (QED) is 0.200. The highest BCUT2D eigenvalue weighted by Crippen LogP contribution is 2.24. The molecule has 0 radical (unpaired) electrons. The van der Waals surface area contributed by atoms with E-state index in [1.54, 1.807) is 6.20 Å². The average molecular weight is 766 g/mol. The third-order valence-electron chi connectivity index (χ3n) is 10.2. The van der Waals surface area contributed by atoms with E-state index in [1.165, 1.54) is 29.2 Å². The van der Waals surface area contributed by atoms with Crippen LogP contribution in [0, 0.1) is 5.92 Å². The number of hydrogen-bond donors (Lipinski definition) is 6. The molecule has 2 aromatic carbocycles. The molecule has 16 nitrogen and oxygen atoms in total. The van der Waals surface area contributed by atoms with Crippen molar-refractivity contribution in [3.63, 3.8) is 0 Å². The predicted octanol–water partition coefficient (Wildman–Crippen LogP) is 0.155. The summed E-state index contributed by atoms with van der Waals surface area (Å²) in [6.45, 7) is 3.33. The van der Waals surface area contributed by atoms with Gasteiger partial charge in [-0.2, -0.15) is 0 Å². The fourth-order valence-electron chi connectivity index (χ4n) is 7.49. The molecule has 17 heteroatoms. The molecule has 4 heterocycles. The molecule has 5 amide bonds. The molecule has 0 unspecified atom stereocenters. The van der Waals surface area contributed by atoms with Crippen LogP contribution in [0.5, 0.6) is 0 Å². The monoisotopic (exact) mass is 765 g/mol. The van der Waals surface area contributed by atoms with E-state index in [-0.39, 0.29) is 48.9 Å². The van der Waals surface area contributed by atoms with Crippen molar-refractivity contribution in [2.75, 3.05) is 26.2 Å². The molecule has 0 aliphatic carbocycles. The van der Waals surface area contributed by atoms with Gasteiger partial charge in [0, 0.05) is 42.2 Å². The Kier molecular flexibility index (Phi) is 11.7. The molecule has 6 rings (SSSR count). The highest BCUT2D eigenvalue weighted by Gasteiger charge is 2.42. The number of aromatic nitrogens is 1. The number of nitrogens with two attached hydrogens (primary N) is 1. The van der Waals surface area contributed by atoms with Crippen molar-refractivity contribution in [3.05, 3.63) is 65.9 Å². The number of carbonyl (C=O) groups is 5. The molecular formula is C37H47N7O9S. The number of hydrogen-bond acceptors (Lipinski definition) is 9. The first-order valence-corrected chi connectivity index (χ1v) is 19.7. The topological polar surface area (TPSA) is 233 Å². The lowest BCUT2D eigenvalue weighted by molar-refractivity contribution is -0.142. The van der Waals surface area contributed by atoms with Crippen LogP contribution in [-0.4, -0.2) is 120 Å². The fourth-order valence-corrected chi connectivity index (χ4v) is 8.01. The lowest BCUT2D eigenvalue weighted by Gasteiger charge is -2.38. The molecule has 3 aromatic rings. The number of nitrogens with zero attached hydrogens (tertiary/aromatic N) is 2. The lowest BCUT2D eigenvalue weighted by Crippen LogP contribution is -2.60. The smallest absolute Gasteiger partial charge is 0.254 e. The Labute approximate surface area is 313 Å². The highest BCUT2D eigenvalue weighted by atomic mass is 32.2. The van der Waals surface area contributed by atoms with Gasteiger partial charge in [-0.3, -0.25) is 24.0 Å². The number of nitrogens with one attached hydrogen (secondary N) is 4. The van der Waals surface area contributed by atoms with E-state index in [4.69, 9.17) is 9.88 Å². The Morgan fingerprint density at radius 3 is 2.44 bits per heavy atom. The van der Waals surface area contributed by atoms with Crippen molar-refractivity contribution >= 4 is 50.5 Å². The van der Waals surface area contributed by atoms with Gasteiger partial charge in [-0.05, 0) is 67.5 Å². The number of aliphatic hydroxyl groups excluding tert-OH is 1. The SMILES string of the molecule is CC(C)C[C@H]1NC(=O)[C@H]2CCCN2C(=O)[C@@H](Cc2c[nH]c3ccccc23)NC(=O)CN(C(=O)c2ccc(S(N)(=O)=O)cc2)C[C@H]2OCC[C@H](NC1=O)[C@@H]2O. The molecule has 54 heavy (non-hydrogen) atoms. The van der Waals surface area contributed by atoms with Crippen molar-refractivity contribution in [2.24, 2.45) is 11.1 Å². The van der Waals surface area contributed by atoms with Crippen LogP contribution >= 0.6 is 0 Å². The van der Waals surface area contributed by atoms with E-state index in [0.717, 1.165) is 21.4 Å². The van der Waals surface area contributed by atoms with Gasteiger partial charge in [0.25, 0.3) is 5.91 Å². The van der Waals surface area contributed by atoms with Gasteiger partial charge < -0.3 is 40.6 Å². The zero-order valence-corrected chi connectivity index (χ0v) is 31.0. The lowest BCUT2D eigenvalue weighted by atomic mass is 9.97. The van der Waals surface area contributed by atoms with E-state index < -0.39 is 82.5 Å². The summed E-state index contributed by atoms with van der Waals surface area (Å²) < 4.78 is 29.6. The maximum absolute atomic E-state index is 14.4. The average Bonchev–Trinajstić information content (AvgIpc) is 3.79. The van der Waals surface area contributed by atoms with Crippen LogP contribution in [0.15, 0.2) is 59.6 Å².